The first-order valence-corrected chi connectivity index (χ1v) is 15.1. The van der Waals surface area contributed by atoms with Gasteiger partial charge in [-0.05, 0) is 63.1 Å². The lowest BCUT2D eigenvalue weighted by Crippen LogP contribution is -2.58. The Hall–Kier alpha value is -2.42. The van der Waals surface area contributed by atoms with Crippen LogP contribution in [0.25, 0.3) is 0 Å². The van der Waals surface area contributed by atoms with Crippen LogP contribution in [0.3, 0.4) is 0 Å². The second kappa shape index (κ2) is 11.5. The maximum atomic E-state index is 14.1. The first-order chi connectivity index (χ1) is 19.0. The number of hydrogen-bond acceptors (Lipinski definition) is 5. The van der Waals surface area contributed by atoms with E-state index in [1.807, 2.05) is 39.0 Å². The molecule has 5 rings (SSSR count). The van der Waals surface area contributed by atoms with Gasteiger partial charge in [-0.2, -0.15) is 0 Å². The smallest absolute Gasteiger partial charge is 0.246 e. The van der Waals surface area contributed by atoms with Gasteiger partial charge in [-0.25, -0.2) is 0 Å². The summed E-state index contributed by atoms with van der Waals surface area (Å²) in [4.78, 5) is 43.4. The lowest BCUT2D eigenvalue weighted by Gasteiger charge is -2.38. The fourth-order valence-corrected chi connectivity index (χ4v) is 7.19. The Kier molecular flexibility index (Phi) is 8.33. The molecule has 9 heteroatoms. The first kappa shape index (κ1) is 29.1. The number of hydrogen-bond donors (Lipinski definition) is 2. The molecule has 1 aromatic rings. The highest BCUT2D eigenvalue weighted by Gasteiger charge is 2.72. The molecule has 8 nitrogen and oxygen atoms in total. The Morgan fingerprint density at radius 3 is 2.73 bits per heavy atom. The van der Waals surface area contributed by atoms with E-state index in [9.17, 15) is 14.4 Å². The number of nitrogens with zero attached hydrogens (tertiary/aromatic N) is 1. The average Bonchev–Trinajstić information content (AvgIpc) is 3.54. The van der Waals surface area contributed by atoms with Gasteiger partial charge in [0, 0.05) is 29.9 Å². The van der Waals surface area contributed by atoms with Gasteiger partial charge in [0.2, 0.25) is 17.7 Å². The summed E-state index contributed by atoms with van der Waals surface area (Å²) in [6.45, 7) is 11.1. The van der Waals surface area contributed by atoms with Gasteiger partial charge in [0.05, 0.1) is 24.0 Å². The van der Waals surface area contributed by atoms with Crippen molar-refractivity contribution in [2.75, 3.05) is 18.5 Å². The van der Waals surface area contributed by atoms with Crippen molar-refractivity contribution in [2.24, 2.45) is 23.7 Å². The zero-order chi connectivity index (χ0) is 28.8. The summed E-state index contributed by atoms with van der Waals surface area (Å²) in [5, 5.41) is 6.78. The molecule has 0 aromatic heterocycles. The van der Waals surface area contributed by atoms with Crippen LogP contribution < -0.4 is 10.6 Å². The molecular weight excluding hydrogens is 530 g/mol. The number of fused-ring (bicyclic) bond motifs is 1. The van der Waals surface area contributed by atoms with Gasteiger partial charge in [0.15, 0.2) is 0 Å². The van der Waals surface area contributed by atoms with E-state index < -0.39 is 29.6 Å². The fraction of sp³-hybridized carbons (Fsp3) is 0.645. The summed E-state index contributed by atoms with van der Waals surface area (Å²) in [7, 11) is 0. The third-order valence-corrected chi connectivity index (χ3v) is 9.80. The van der Waals surface area contributed by atoms with Crippen LogP contribution in [0.5, 0.6) is 0 Å². The number of halogens is 1. The zero-order valence-corrected chi connectivity index (χ0v) is 24.9. The summed E-state index contributed by atoms with van der Waals surface area (Å²) in [5.74, 6) is -1.42. The topological polar surface area (TPSA) is 97.0 Å². The van der Waals surface area contributed by atoms with Crippen LogP contribution in [0.4, 0.5) is 5.69 Å². The molecule has 2 bridgehead atoms. The van der Waals surface area contributed by atoms with Gasteiger partial charge < -0.3 is 25.0 Å². The van der Waals surface area contributed by atoms with E-state index in [0.29, 0.717) is 42.1 Å². The van der Waals surface area contributed by atoms with E-state index in [1.165, 1.54) is 0 Å². The number of nitrogens with one attached hydrogen (secondary N) is 2. The molecule has 1 saturated carbocycles. The van der Waals surface area contributed by atoms with Gasteiger partial charge in [-0.3, -0.25) is 14.4 Å². The number of carbonyl (C=O) groups excluding carboxylic acids is 3. The summed E-state index contributed by atoms with van der Waals surface area (Å²) in [6.07, 6.45) is 6.91. The Morgan fingerprint density at radius 1 is 1.23 bits per heavy atom. The summed E-state index contributed by atoms with van der Waals surface area (Å²) >= 11 is 6.28. The van der Waals surface area contributed by atoms with Gasteiger partial charge in [-0.15, -0.1) is 0 Å². The second-order valence-electron chi connectivity index (χ2n) is 12.3. The number of aryl methyl sites for hydroxylation is 1. The Bertz CT molecular complexity index is 1190. The van der Waals surface area contributed by atoms with Crippen LogP contribution >= 0.6 is 11.6 Å². The van der Waals surface area contributed by atoms with Crippen molar-refractivity contribution in [1.29, 1.82) is 0 Å². The minimum atomic E-state index is -1.18. The van der Waals surface area contributed by atoms with Crippen molar-refractivity contribution >= 4 is 35.0 Å². The molecule has 3 heterocycles. The molecule has 3 aliphatic heterocycles. The molecule has 8 atom stereocenters. The van der Waals surface area contributed by atoms with Crippen molar-refractivity contribution in [3.05, 3.63) is 40.9 Å². The lowest BCUT2D eigenvalue weighted by molar-refractivity contribution is -0.142. The van der Waals surface area contributed by atoms with E-state index in [2.05, 4.69) is 24.5 Å². The number of ether oxygens (including phenoxy) is 2. The standard InChI is InChI=1S/C31H42ClN3O5/c1-17(2)39-15-7-14-35-27(29(37)34-23-9-6-8-18(3)20(23)5)31-13-12-24(40-31)25(26(31)30(35)38)28(36)33-21-11-10-19(4)22(32)16-21/h10-13,16-18,20,23-27H,6-9,14-15H2,1-5H3,(H,33,36)(H,34,37). The maximum absolute atomic E-state index is 14.1. The SMILES string of the molecule is Cc1ccc(NC(=O)C2C3C=CC4(O3)C2C(=O)N(CCCOC(C)C)C4C(=O)NC2CCCC(C)C2C)cc1Cl. The highest BCUT2D eigenvalue weighted by atomic mass is 35.5. The van der Waals surface area contributed by atoms with Crippen molar-refractivity contribution in [2.45, 2.75) is 90.2 Å². The molecule has 0 radical (unpaired) electrons. The molecule has 2 N–H and O–H groups in total. The van der Waals surface area contributed by atoms with Gasteiger partial charge in [-0.1, -0.05) is 56.5 Å². The molecule has 1 spiro atoms. The summed E-state index contributed by atoms with van der Waals surface area (Å²) in [5.41, 5.74) is 0.286. The Labute approximate surface area is 242 Å². The molecule has 8 unspecified atom stereocenters. The summed E-state index contributed by atoms with van der Waals surface area (Å²) in [6, 6.07) is 4.53. The van der Waals surface area contributed by atoms with E-state index in [0.717, 1.165) is 24.8 Å². The van der Waals surface area contributed by atoms with Crippen LogP contribution in [0, 0.1) is 30.6 Å². The molecule has 218 valence electrons. The van der Waals surface area contributed by atoms with Gasteiger partial charge >= 0.3 is 0 Å². The third-order valence-electron chi connectivity index (χ3n) is 9.39. The van der Waals surface area contributed by atoms with Crippen molar-refractivity contribution in [3.63, 3.8) is 0 Å². The number of benzene rings is 1. The highest BCUT2D eigenvalue weighted by Crippen LogP contribution is 2.55. The van der Waals surface area contributed by atoms with E-state index >= 15 is 0 Å². The average molecular weight is 572 g/mol. The molecule has 3 fully saturated rings. The first-order valence-electron chi connectivity index (χ1n) is 14.7. The third kappa shape index (κ3) is 5.19. The Morgan fingerprint density at radius 2 is 2.00 bits per heavy atom. The molecule has 1 aliphatic carbocycles. The van der Waals surface area contributed by atoms with Crippen molar-refractivity contribution in [3.8, 4) is 0 Å². The van der Waals surface area contributed by atoms with Crippen LogP contribution in [-0.4, -0.2) is 65.7 Å². The molecule has 1 aromatic carbocycles. The second-order valence-corrected chi connectivity index (χ2v) is 12.7. The van der Waals surface area contributed by atoms with E-state index in [-0.39, 0.29) is 29.9 Å². The van der Waals surface area contributed by atoms with Crippen LogP contribution in [0.2, 0.25) is 5.02 Å². The number of amides is 3. The van der Waals surface area contributed by atoms with E-state index in [4.69, 9.17) is 21.1 Å². The lowest BCUT2D eigenvalue weighted by atomic mass is 9.73. The number of likely N-dealkylation sites (tertiary alicyclic amines) is 1. The molecular formula is C31H42ClN3O5. The normalized spacial score (nSPS) is 34.4. The molecule has 3 amide bonds. The number of anilines is 1. The molecule has 2 saturated heterocycles. The predicted molar refractivity (Wildman–Crippen MR) is 154 cm³/mol. The predicted octanol–water partition coefficient (Wildman–Crippen LogP) is 4.49. The molecule has 40 heavy (non-hydrogen) atoms. The monoisotopic (exact) mass is 571 g/mol. The summed E-state index contributed by atoms with van der Waals surface area (Å²) < 4.78 is 12.2. The number of carbonyl (C=O) groups is 3. The quantitative estimate of drug-likeness (QED) is 0.336. The minimum Gasteiger partial charge on any atom is -0.379 e. The number of rotatable bonds is 9. The van der Waals surface area contributed by atoms with Crippen LogP contribution in [-0.2, 0) is 23.9 Å². The van der Waals surface area contributed by atoms with E-state index in [1.54, 1.807) is 17.0 Å². The van der Waals surface area contributed by atoms with Gasteiger partial charge in [0.25, 0.3) is 0 Å². The highest BCUT2D eigenvalue weighted by molar-refractivity contribution is 6.31. The van der Waals surface area contributed by atoms with Crippen molar-refractivity contribution in [1.82, 2.24) is 10.2 Å². The Balaban J connectivity index is 1.41. The molecule has 4 aliphatic rings. The fourth-order valence-electron chi connectivity index (χ4n) is 7.01. The van der Waals surface area contributed by atoms with Crippen LogP contribution in [0.15, 0.2) is 30.4 Å². The van der Waals surface area contributed by atoms with Crippen molar-refractivity contribution < 1.29 is 23.9 Å². The van der Waals surface area contributed by atoms with Gasteiger partial charge in [0.1, 0.15) is 11.6 Å². The zero-order valence-electron chi connectivity index (χ0n) is 24.1. The van der Waals surface area contributed by atoms with Crippen LogP contribution in [0.1, 0.15) is 58.9 Å². The minimum absolute atomic E-state index is 0.0425. The maximum Gasteiger partial charge on any atom is 0.246 e. The largest absolute Gasteiger partial charge is 0.379 e.